The van der Waals surface area contributed by atoms with E-state index in [0.717, 1.165) is 24.4 Å². The van der Waals surface area contributed by atoms with Gasteiger partial charge in [-0.1, -0.05) is 41.0 Å². The minimum absolute atomic E-state index is 0.336. The fraction of sp³-hybridized carbons (Fsp3) is 0.714. The molecule has 3 heteroatoms. The smallest absolute Gasteiger partial charge is 0.129 e. The van der Waals surface area contributed by atoms with Gasteiger partial charge in [0.1, 0.15) is 12.1 Å². The fourth-order valence-corrected chi connectivity index (χ4v) is 2.57. The van der Waals surface area contributed by atoms with Gasteiger partial charge in [0.25, 0.3) is 0 Å². The minimum atomic E-state index is 0.336. The molecular formula is C14H23N3. The maximum absolute atomic E-state index is 4.31. The largest absolute Gasteiger partial charge is 0.366 e. The van der Waals surface area contributed by atoms with Gasteiger partial charge in [-0.15, -0.1) is 0 Å². The lowest BCUT2D eigenvalue weighted by molar-refractivity contribution is 0.457. The van der Waals surface area contributed by atoms with E-state index in [1.54, 1.807) is 6.33 Å². The Labute approximate surface area is 104 Å². The second kappa shape index (κ2) is 3.97. The molecule has 3 nitrogen and oxygen atoms in total. The van der Waals surface area contributed by atoms with Crippen LogP contribution in [0.5, 0.6) is 0 Å². The van der Waals surface area contributed by atoms with Gasteiger partial charge in [0, 0.05) is 17.8 Å². The molecule has 0 spiro atoms. The van der Waals surface area contributed by atoms with Gasteiger partial charge in [0.05, 0.1) is 0 Å². The Balaban J connectivity index is 2.08. The number of nitrogens with one attached hydrogen (secondary N) is 1. The molecule has 1 aliphatic carbocycles. The highest BCUT2D eigenvalue weighted by molar-refractivity contribution is 5.42. The lowest BCUT2D eigenvalue weighted by Crippen LogP contribution is -2.11. The predicted molar refractivity (Wildman–Crippen MR) is 71.0 cm³/mol. The van der Waals surface area contributed by atoms with Crippen molar-refractivity contribution in [2.24, 2.45) is 10.8 Å². The first-order valence-electron chi connectivity index (χ1n) is 6.47. The number of aryl methyl sites for hydroxylation is 1. The Morgan fingerprint density at radius 2 is 1.82 bits per heavy atom. The van der Waals surface area contributed by atoms with Crippen molar-refractivity contribution < 1.29 is 0 Å². The molecule has 0 saturated heterocycles. The molecule has 1 aliphatic rings. The fourth-order valence-electron chi connectivity index (χ4n) is 2.57. The topological polar surface area (TPSA) is 37.8 Å². The maximum atomic E-state index is 4.31. The van der Waals surface area contributed by atoms with Crippen molar-refractivity contribution in [1.29, 1.82) is 0 Å². The van der Waals surface area contributed by atoms with Crippen molar-refractivity contribution in [3.8, 4) is 0 Å². The Hall–Kier alpha value is -1.12. The summed E-state index contributed by atoms with van der Waals surface area (Å²) in [6, 6.07) is 2.58. The van der Waals surface area contributed by atoms with Crippen LogP contribution in [-0.4, -0.2) is 16.0 Å². The van der Waals surface area contributed by atoms with E-state index in [1.807, 2.05) is 0 Å². The first kappa shape index (κ1) is 12.3. The zero-order valence-corrected chi connectivity index (χ0v) is 11.5. The Morgan fingerprint density at radius 3 is 2.35 bits per heavy atom. The van der Waals surface area contributed by atoms with Gasteiger partial charge in [-0.05, 0) is 17.3 Å². The molecule has 1 saturated carbocycles. The molecule has 1 aromatic heterocycles. The van der Waals surface area contributed by atoms with E-state index in [0.29, 0.717) is 16.9 Å². The van der Waals surface area contributed by atoms with E-state index in [-0.39, 0.29) is 0 Å². The Morgan fingerprint density at radius 1 is 1.18 bits per heavy atom. The van der Waals surface area contributed by atoms with Crippen LogP contribution in [0.15, 0.2) is 12.4 Å². The highest BCUT2D eigenvalue weighted by atomic mass is 15.1. The normalized spacial score (nSPS) is 21.2. The van der Waals surface area contributed by atoms with Gasteiger partial charge in [-0.3, -0.25) is 0 Å². The monoisotopic (exact) mass is 233 g/mol. The van der Waals surface area contributed by atoms with E-state index in [9.17, 15) is 0 Å². The summed E-state index contributed by atoms with van der Waals surface area (Å²) in [4.78, 5) is 8.59. The second-order valence-electron chi connectivity index (χ2n) is 6.17. The summed E-state index contributed by atoms with van der Waals surface area (Å²) in [7, 11) is 0. The average Bonchev–Trinajstić information content (AvgIpc) is 2.62. The van der Waals surface area contributed by atoms with Crippen molar-refractivity contribution in [2.75, 3.05) is 5.32 Å². The van der Waals surface area contributed by atoms with Crippen LogP contribution in [0.1, 0.15) is 46.7 Å². The molecule has 0 radical (unpaired) electrons. The molecule has 0 aromatic carbocycles. The predicted octanol–water partition coefficient (Wildman–Crippen LogP) is 3.28. The van der Waals surface area contributed by atoms with Crippen LogP contribution in [0.25, 0.3) is 0 Å². The summed E-state index contributed by atoms with van der Waals surface area (Å²) in [6.07, 6.45) is 3.81. The number of hydrogen-bond acceptors (Lipinski definition) is 3. The molecular weight excluding hydrogens is 210 g/mol. The third-order valence-corrected chi connectivity index (χ3v) is 4.54. The van der Waals surface area contributed by atoms with E-state index in [1.165, 1.54) is 0 Å². The third-order valence-electron chi connectivity index (χ3n) is 4.54. The van der Waals surface area contributed by atoms with Gasteiger partial charge in [0.15, 0.2) is 0 Å². The van der Waals surface area contributed by atoms with E-state index < -0.39 is 0 Å². The maximum Gasteiger partial charge on any atom is 0.129 e. The Kier molecular flexibility index (Phi) is 2.88. The second-order valence-corrected chi connectivity index (χ2v) is 6.17. The van der Waals surface area contributed by atoms with Crippen LogP contribution in [0.4, 0.5) is 5.82 Å². The minimum Gasteiger partial charge on any atom is -0.366 e. The highest BCUT2D eigenvalue weighted by Gasteiger charge is 2.65. The van der Waals surface area contributed by atoms with Crippen molar-refractivity contribution in [3.63, 3.8) is 0 Å². The number of anilines is 1. The van der Waals surface area contributed by atoms with Crippen molar-refractivity contribution in [3.05, 3.63) is 18.1 Å². The van der Waals surface area contributed by atoms with Crippen LogP contribution < -0.4 is 5.32 Å². The molecule has 1 heterocycles. The molecule has 1 N–H and O–H groups in total. The van der Waals surface area contributed by atoms with Gasteiger partial charge in [-0.25, -0.2) is 9.97 Å². The molecule has 0 unspecified atom stereocenters. The van der Waals surface area contributed by atoms with Gasteiger partial charge in [-0.2, -0.15) is 0 Å². The first-order valence-corrected chi connectivity index (χ1v) is 6.47. The van der Waals surface area contributed by atoms with E-state index in [4.69, 9.17) is 0 Å². The summed E-state index contributed by atoms with van der Waals surface area (Å²) in [6.45, 7) is 11.4. The first-order chi connectivity index (χ1) is 7.89. The quantitative estimate of drug-likeness (QED) is 0.867. The van der Waals surface area contributed by atoms with Gasteiger partial charge < -0.3 is 5.32 Å². The van der Waals surface area contributed by atoms with Crippen LogP contribution in [-0.2, 0) is 6.42 Å². The zero-order chi connectivity index (χ0) is 12.7. The molecule has 0 bridgehead atoms. The van der Waals surface area contributed by atoms with Crippen molar-refractivity contribution in [2.45, 2.75) is 53.5 Å². The highest BCUT2D eigenvalue weighted by Crippen LogP contribution is 2.63. The SMILES string of the molecule is CCCc1cc(NC2C(C)(C)C2(C)C)ncn1. The number of hydrogen-bond donors (Lipinski definition) is 1. The molecule has 1 fully saturated rings. The number of aromatic nitrogens is 2. The third kappa shape index (κ3) is 2.03. The van der Waals surface area contributed by atoms with Crippen LogP contribution in [0.3, 0.4) is 0 Å². The number of rotatable bonds is 4. The lowest BCUT2D eigenvalue weighted by Gasteiger charge is -2.08. The van der Waals surface area contributed by atoms with Crippen LogP contribution >= 0.6 is 0 Å². The standard InChI is InChI=1S/C14H23N3/c1-6-7-10-8-11(16-9-15-10)17-12-13(2,3)14(12,4)5/h8-9,12H,6-7H2,1-5H3,(H,15,16,17). The van der Waals surface area contributed by atoms with E-state index >= 15 is 0 Å². The Bertz CT molecular complexity index is 396. The van der Waals surface area contributed by atoms with Crippen molar-refractivity contribution in [1.82, 2.24) is 9.97 Å². The summed E-state index contributed by atoms with van der Waals surface area (Å²) in [5.41, 5.74) is 1.80. The molecule has 2 rings (SSSR count). The molecule has 94 valence electrons. The summed E-state index contributed by atoms with van der Waals surface area (Å²) in [5, 5.41) is 3.54. The molecule has 1 aromatic rings. The molecule has 0 amide bonds. The van der Waals surface area contributed by atoms with Gasteiger partial charge >= 0.3 is 0 Å². The summed E-state index contributed by atoms with van der Waals surface area (Å²) >= 11 is 0. The van der Waals surface area contributed by atoms with Gasteiger partial charge in [0.2, 0.25) is 0 Å². The average molecular weight is 233 g/mol. The number of nitrogens with zero attached hydrogens (tertiary/aromatic N) is 2. The lowest BCUT2D eigenvalue weighted by atomic mass is 10.0. The molecule has 17 heavy (non-hydrogen) atoms. The van der Waals surface area contributed by atoms with E-state index in [2.05, 4.69) is 56.0 Å². The molecule has 0 aliphatic heterocycles. The summed E-state index contributed by atoms with van der Waals surface area (Å²) < 4.78 is 0. The zero-order valence-electron chi connectivity index (χ0n) is 11.5. The summed E-state index contributed by atoms with van der Waals surface area (Å²) in [5.74, 6) is 0.965. The van der Waals surface area contributed by atoms with Crippen LogP contribution in [0, 0.1) is 10.8 Å². The van der Waals surface area contributed by atoms with Crippen molar-refractivity contribution >= 4 is 5.82 Å². The van der Waals surface area contributed by atoms with Crippen LogP contribution in [0.2, 0.25) is 0 Å². The molecule has 0 atom stereocenters.